The second-order valence-corrected chi connectivity index (χ2v) is 6.39. The normalized spacial score (nSPS) is 10.8. The van der Waals surface area contributed by atoms with Crippen molar-refractivity contribution in [2.24, 2.45) is 5.73 Å². The van der Waals surface area contributed by atoms with Gasteiger partial charge in [0.1, 0.15) is 10.0 Å². The Bertz CT molecular complexity index is 438. The van der Waals surface area contributed by atoms with Gasteiger partial charge in [0.25, 0.3) is 0 Å². The van der Waals surface area contributed by atoms with Crippen LogP contribution in [0.5, 0.6) is 0 Å². The van der Waals surface area contributed by atoms with Crippen molar-refractivity contribution in [3.8, 4) is 10.6 Å². The monoisotopic (exact) mass is 303 g/mol. The molecule has 0 radical (unpaired) electrons. The molecule has 0 amide bonds. The number of nitrogens with zero attached hydrogens (tertiary/aromatic N) is 2. The number of rotatable bonds is 4. The van der Waals surface area contributed by atoms with E-state index in [2.05, 4.69) is 37.6 Å². The topological polar surface area (TPSA) is 51.8 Å². The van der Waals surface area contributed by atoms with Crippen molar-refractivity contribution in [1.82, 2.24) is 10.2 Å². The Hall–Kier alpha value is -0.300. The lowest BCUT2D eigenvalue weighted by Gasteiger charge is -1.89. The molecular formula is C9H10BrN3S2. The van der Waals surface area contributed by atoms with E-state index < -0.39 is 0 Å². The number of hydrogen-bond acceptors (Lipinski definition) is 5. The van der Waals surface area contributed by atoms with Crippen LogP contribution in [0.3, 0.4) is 0 Å². The predicted molar refractivity (Wildman–Crippen MR) is 68.3 cm³/mol. The molecule has 0 aromatic carbocycles. The summed E-state index contributed by atoms with van der Waals surface area (Å²) >= 11 is 6.75. The first-order valence-corrected chi connectivity index (χ1v) is 7.05. The van der Waals surface area contributed by atoms with Gasteiger partial charge < -0.3 is 5.73 Å². The van der Waals surface area contributed by atoms with Crippen molar-refractivity contribution in [3.05, 3.63) is 20.2 Å². The molecule has 2 N–H and O–H groups in total. The van der Waals surface area contributed by atoms with Crippen molar-refractivity contribution in [3.63, 3.8) is 0 Å². The molecule has 0 aliphatic carbocycles. The van der Waals surface area contributed by atoms with Crippen molar-refractivity contribution in [1.29, 1.82) is 0 Å². The zero-order valence-electron chi connectivity index (χ0n) is 7.94. The van der Waals surface area contributed by atoms with Crippen molar-refractivity contribution < 1.29 is 0 Å². The average molecular weight is 304 g/mol. The zero-order valence-corrected chi connectivity index (χ0v) is 11.2. The summed E-state index contributed by atoms with van der Waals surface area (Å²) < 4.78 is 1.12. The van der Waals surface area contributed by atoms with Gasteiger partial charge in [0.15, 0.2) is 0 Å². The molecule has 15 heavy (non-hydrogen) atoms. The maximum absolute atomic E-state index is 5.45. The molecule has 0 saturated carbocycles. The summed E-state index contributed by atoms with van der Waals surface area (Å²) in [6, 6.07) is 2.07. The molecule has 0 unspecified atom stereocenters. The summed E-state index contributed by atoms with van der Waals surface area (Å²) in [5.41, 5.74) is 6.59. The summed E-state index contributed by atoms with van der Waals surface area (Å²) in [6.45, 7) is 0.707. The zero-order chi connectivity index (χ0) is 10.7. The van der Waals surface area contributed by atoms with Crippen LogP contribution in [0.25, 0.3) is 10.6 Å². The predicted octanol–water partition coefficient (Wildman–Crippen LogP) is 2.92. The van der Waals surface area contributed by atoms with Gasteiger partial charge in [-0.1, -0.05) is 11.3 Å². The standard InChI is InChI=1S/C9H10BrN3S2/c10-7-4-6(5-14-7)9-13-12-8(15-9)2-1-3-11/h4-5H,1-3,11H2. The lowest BCUT2D eigenvalue weighted by molar-refractivity contribution is 0.812. The minimum absolute atomic E-state index is 0.707. The third kappa shape index (κ3) is 2.84. The van der Waals surface area contributed by atoms with Gasteiger partial charge in [0.05, 0.1) is 3.79 Å². The molecule has 2 aromatic rings. The first kappa shape index (κ1) is 11.2. The highest BCUT2D eigenvalue weighted by Crippen LogP contribution is 2.30. The molecule has 0 saturated heterocycles. The van der Waals surface area contributed by atoms with Crippen LogP contribution in [0.15, 0.2) is 15.2 Å². The molecule has 0 atom stereocenters. The Morgan fingerprint density at radius 3 is 2.93 bits per heavy atom. The van der Waals surface area contributed by atoms with Crippen LogP contribution in [-0.4, -0.2) is 16.7 Å². The van der Waals surface area contributed by atoms with Crippen LogP contribution in [0.4, 0.5) is 0 Å². The molecule has 0 aliphatic heterocycles. The maximum atomic E-state index is 5.45. The first-order chi connectivity index (χ1) is 7.29. The summed E-state index contributed by atoms with van der Waals surface area (Å²) in [6.07, 6.45) is 1.90. The van der Waals surface area contributed by atoms with E-state index in [4.69, 9.17) is 5.73 Å². The van der Waals surface area contributed by atoms with Gasteiger partial charge in [-0.3, -0.25) is 0 Å². The van der Waals surface area contributed by atoms with Gasteiger partial charge in [-0.05, 0) is 35.0 Å². The number of nitrogens with two attached hydrogens (primary N) is 1. The third-order valence-corrected chi connectivity index (χ3v) is 4.41. The molecule has 0 aliphatic rings. The van der Waals surface area contributed by atoms with E-state index in [1.807, 2.05) is 0 Å². The van der Waals surface area contributed by atoms with Crippen LogP contribution in [0.1, 0.15) is 11.4 Å². The Balaban J connectivity index is 2.13. The van der Waals surface area contributed by atoms with Crippen LogP contribution >= 0.6 is 38.6 Å². The largest absolute Gasteiger partial charge is 0.330 e. The molecule has 0 spiro atoms. The van der Waals surface area contributed by atoms with E-state index in [-0.39, 0.29) is 0 Å². The maximum Gasteiger partial charge on any atom is 0.148 e. The van der Waals surface area contributed by atoms with Crippen molar-refractivity contribution >= 4 is 38.6 Å². The Kier molecular flexibility index (Phi) is 3.85. The van der Waals surface area contributed by atoms with Gasteiger partial charge in [-0.2, -0.15) is 0 Å². The van der Waals surface area contributed by atoms with Crippen molar-refractivity contribution in [2.45, 2.75) is 12.8 Å². The fraction of sp³-hybridized carbons (Fsp3) is 0.333. The Labute approximate surface area is 104 Å². The highest BCUT2D eigenvalue weighted by molar-refractivity contribution is 9.11. The van der Waals surface area contributed by atoms with Gasteiger partial charge in [-0.25, -0.2) is 0 Å². The number of halogens is 1. The number of thiophene rings is 1. The van der Waals surface area contributed by atoms with E-state index >= 15 is 0 Å². The molecule has 80 valence electrons. The molecule has 2 rings (SSSR count). The lowest BCUT2D eigenvalue weighted by atomic mass is 10.3. The second-order valence-electron chi connectivity index (χ2n) is 3.03. The van der Waals surface area contributed by atoms with Crippen LogP contribution < -0.4 is 5.73 Å². The van der Waals surface area contributed by atoms with Crippen LogP contribution in [0, 0.1) is 0 Å². The molecule has 0 fully saturated rings. The van der Waals surface area contributed by atoms with Gasteiger partial charge >= 0.3 is 0 Å². The Morgan fingerprint density at radius 1 is 1.40 bits per heavy atom. The van der Waals surface area contributed by atoms with E-state index in [1.165, 1.54) is 0 Å². The molecule has 2 heterocycles. The molecule has 0 bridgehead atoms. The molecular weight excluding hydrogens is 294 g/mol. The van der Waals surface area contributed by atoms with E-state index in [1.54, 1.807) is 22.7 Å². The fourth-order valence-corrected chi connectivity index (χ4v) is 3.23. The second kappa shape index (κ2) is 5.16. The van der Waals surface area contributed by atoms with Crippen molar-refractivity contribution in [2.75, 3.05) is 6.54 Å². The lowest BCUT2D eigenvalue weighted by Crippen LogP contribution is -1.99. The van der Waals surface area contributed by atoms with E-state index in [0.29, 0.717) is 6.54 Å². The van der Waals surface area contributed by atoms with E-state index in [9.17, 15) is 0 Å². The highest BCUT2D eigenvalue weighted by Gasteiger charge is 2.07. The fourth-order valence-electron chi connectivity index (χ4n) is 1.15. The van der Waals surface area contributed by atoms with Crippen LogP contribution in [0.2, 0.25) is 0 Å². The van der Waals surface area contributed by atoms with Gasteiger partial charge in [0, 0.05) is 17.4 Å². The first-order valence-electron chi connectivity index (χ1n) is 4.56. The van der Waals surface area contributed by atoms with Crippen LogP contribution in [-0.2, 0) is 6.42 Å². The molecule has 3 nitrogen and oxygen atoms in total. The SMILES string of the molecule is NCCCc1nnc(-c2csc(Br)c2)s1. The number of aryl methyl sites for hydroxylation is 1. The number of hydrogen-bond donors (Lipinski definition) is 1. The smallest absolute Gasteiger partial charge is 0.148 e. The van der Waals surface area contributed by atoms with Gasteiger partial charge in [0.2, 0.25) is 0 Å². The highest BCUT2D eigenvalue weighted by atomic mass is 79.9. The quantitative estimate of drug-likeness (QED) is 0.945. The number of aromatic nitrogens is 2. The minimum Gasteiger partial charge on any atom is -0.330 e. The Morgan fingerprint density at radius 2 is 2.27 bits per heavy atom. The van der Waals surface area contributed by atoms with E-state index in [0.717, 1.165) is 32.2 Å². The van der Waals surface area contributed by atoms with Gasteiger partial charge in [-0.15, -0.1) is 21.5 Å². The minimum atomic E-state index is 0.707. The third-order valence-electron chi connectivity index (χ3n) is 1.88. The molecule has 6 heteroatoms. The summed E-state index contributed by atoms with van der Waals surface area (Å²) in [7, 11) is 0. The molecule has 2 aromatic heterocycles. The summed E-state index contributed by atoms with van der Waals surface area (Å²) in [5, 5.41) is 12.4. The average Bonchev–Trinajstić information content (AvgIpc) is 2.83. The summed E-state index contributed by atoms with van der Waals surface area (Å²) in [4.78, 5) is 0. The summed E-state index contributed by atoms with van der Waals surface area (Å²) in [5.74, 6) is 0.